The van der Waals surface area contributed by atoms with Crippen LogP contribution in [0.2, 0.25) is 0 Å². The molecule has 62 valence electrons. The van der Waals surface area contributed by atoms with Crippen molar-refractivity contribution < 1.29 is 8.78 Å². The van der Waals surface area contributed by atoms with Gasteiger partial charge in [0, 0.05) is 12.3 Å². The normalized spacial score (nSPS) is 12.0. The Morgan fingerprint density at radius 3 is 2.55 bits per heavy atom. The second kappa shape index (κ2) is 2.85. The monoisotopic (exact) mass is 177 g/mol. The summed E-state index contributed by atoms with van der Waals surface area (Å²) in [4.78, 5) is 3.77. The highest BCUT2D eigenvalue weighted by atomic mass is 32.1. The van der Waals surface area contributed by atoms with Crippen LogP contribution < -0.4 is 0 Å². The van der Waals surface area contributed by atoms with Crippen molar-refractivity contribution in [1.82, 2.24) is 4.98 Å². The van der Waals surface area contributed by atoms with Gasteiger partial charge in [0.05, 0.1) is 5.69 Å². The second-order valence-corrected chi connectivity index (χ2v) is 3.24. The fraction of sp³-hybridized carbons (Fsp3) is 0.571. The number of aryl methyl sites for hydroxylation is 1. The molecule has 4 heteroatoms. The number of hydrogen-bond acceptors (Lipinski definition) is 2. The lowest BCUT2D eigenvalue weighted by Crippen LogP contribution is -2.06. The van der Waals surface area contributed by atoms with Gasteiger partial charge >= 0.3 is 0 Å². The Morgan fingerprint density at radius 2 is 2.27 bits per heavy atom. The number of nitrogens with zero attached hydrogens (tertiary/aromatic N) is 1. The molecule has 0 aliphatic heterocycles. The summed E-state index contributed by atoms with van der Waals surface area (Å²) in [5.74, 6) is -2.78. The van der Waals surface area contributed by atoms with Crippen molar-refractivity contribution in [3.05, 3.63) is 16.1 Å². The third-order valence-corrected chi connectivity index (χ3v) is 2.35. The molecule has 0 saturated carbocycles. The first-order valence-electron chi connectivity index (χ1n) is 3.36. The number of rotatable bonds is 2. The first-order valence-corrected chi connectivity index (χ1v) is 4.24. The lowest BCUT2D eigenvalue weighted by molar-refractivity contribution is 0.0171. The largest absolute Gasteiger partial charge is 0.296 e. The Balaban J connectivity index is 2.89. The van der Waals surface area contributed by atoms with E-state index in [1.165, 1.54) is 0 Å². The minimum absolute atomic E-state index is 0.0886. The van der Waals surface area contributed by atoms with Crippen LogP contribution >= 0.6 is 11.3 Å². The highest BCUT2D eigenvalue weighted by Crippen LogP contribution is 2.29. The summed E-state index contributed by atoms with van der Waals surface area (Å²) in [7, 11) is 0. The van der Waals surface area contributed by atoms with Gasteiger partial charge in [0.25, 0.3) is 5.92 Å². The molecule has 11 heavy (non-hydrogen) atoms. The van der Waals surface area contributed by atoms with Gasteiger partial charge in [-0.1, -0.05) is 6.92 Å². The Labute approximate surface area is 68.1 Å². The highest BCUT2D eigenvalue weighted by molar-refractivity contribution is 7.09. The summed E-state index contributed by atoms with van der Waals surface area (Å²) in [6.45, 7) is 2.76. The van der Waals surface area contributed by atoms with Gasteiger partial charge < -0.3 is 0 Å². The quantitative estimate of drug-likeness (QED) is 0.676. The molecule has 0 fully saturated rings. The highest BCUT2D eigenvalue weighted by Gasteiger charge is 2.27. The summed E-state index contributed by atoms with van der Waals surface area (Å²) in [5, 5.41) is 1.58. The minimum atomic E-state index is -2.78. The van der Waals surface area contributed by atoms with Crippen LogP contribution in [0.5, 0.6) is 0 Å². The molecular weight excluding hydrogens is 168 g/mol. The van der Waals surface area contributed by atoms with Crippen LogP contribution in [0, 0.1) is 0 Å². The molecule has 0 radical (unpaired) electrons. The summed E-state index contributed by atoms with van der Waals surface area (Å²) in [6, 6.07) is 0. The molecule has 0 bridgehead atoms. The molecular formula is C7H9F2NS. The topological polar surface area (TPSA) is 12.9 Å². The van der Waals surface area contributed by atoms with Crippen LogP contribution in [-0.2, 0) is 12.3 Å². The molecule has 0 amide bonds. The van der Waals surface area contributed by atoms with E-state index in [-0.39, 0.29) is 5.01 Å². The van der Waals surface area contributed by atoms with Gasteiger partial charge in [-0.15, -0.1) is 11.3 Å². The fourth-order valence-electron chi connectivity index (χ4n) is 0.671. The van der Waals surface area contributed by atoms with Crippen molar-refractivity contribution in [2.45, 2.75) is 26.2 Å². The molecule has 0 atom stereocenters. The molecule has 0 aliphatic carbocycles. The van der Waals surface area contributed by atoms with E-state index in [0.717, 1.165) is 24.0 Å². The average Bonchev–Trinajstić information content (AvgIpc) is 2.32. The number of aromatic nitrogens is 1. The van der Waals surface area contributed by atoms with Gasteiger partial charge in [0.15, 0.2) is 5.01 Å². The molecule has 0 N–H and O–H groups in total. The van der Waals surface area contributed by atoms with E-state index >= 15 is 0 Å². The van der Waals surface area contributed by atoms with E-state index in [1.807, 2.05) is 6.92 Å². The summed E-state index contributed by atoms with van der Waals surface area (Å²) in [5.41, 5.74) is 0.742. The molecule has 0 aliphatic rings. The van der Waals surface area contributed by atoms with E-state index in [2.05, 4.69) is 4.98 Å². The first-order chi connectivity index (χ1) is 5.04. The zero-order valence-corrected chi connectivity index (χ0v) is 7.21. The van der Waals surface area contributed by atoms with Gasteiger partial charge in [-0.2, -0.15) is 8.78 Å². The SMILES string of the molecule is CCc1csc(C(C)(F)F)n1. The Kier molecular flexibility index (Phi) is 2.23. The third kappa shape index (κ3) is 1.96. The van der Waals surface area contributed by atoms with Crippen LogP contribution in [0.3, 0.4) is 0 Å². The van der Waals surface area contributed by atoms with Crippen molar-refractivity contribution in [2.75, 3.05) is 0 Å². The maximum atomic E-state index is 12.6. The molecule has 0 spiro atoms. The van der Waals surface area contributed by atoms with Gasteiger partial charge in [-0.25, -0.2) is 4.98 Å². The van der Waals surface area contributed by atoms with E-state index < -0.39 is 5.92 Å². The van der Waals surface area contributed by atoms with Crippen molar-refractivity contribution in [3.63, 3.8) is 0 Å². The van der Waals surface area contributed by atoms with Crippen LogP contribution in [0.25, 0.3) is 0 Å². The number of alkyl halides is 2. The Bertz CT molecular complexity index is 239. The Morgan fingerprint density at radius 1 is 1.64 bits per heavy atom. The third-order valence-electron chi connectivity index (χ3n) is 1.29. The molecule has 0 unspecified atom stereocenters. The predicted octanol–water partition coefficient (Wildman–Crippen LogP) is 2.82. The van der Waals surface area contributed by atoms with E-state index in [4.69, 9.17) is 0 Å². The zero-order valence-electron chi connectivity index (χ0n) is 6.40. The van der Waals surface area contributed by atoms with Gasteiger partial charge in [-0.3, -0.25) is 0 Å². The summed E-state index contributed by atoms with van der Waals surface area (Å²) in [6.07, 6.45) is 0.715. The number of thiazole rings is 1. The van der Waals surface area contributed by atoms with E-state index in [9.17, 15) is 8.78 Å². The zero-order chi connectivity index (χ0) is 8.48. The van der Waals surface area contributed by atoms with Gasteiger partial charge in [-0.05, 0) is 6.42 Å². The van der Waals surface area contributed by atoms with Crippen LogP contribution in [-0.4, -0.2) is 4.98 Å². The Hall–Kier alpha value is -0.510. The molecule has 0 aromatic carbocycles. The smallest absolute Gasteiger partial charge is 0.240 e. The van der Waals surface area contributed by atoms with Crippen molar-refractivity contribution in [2.24, 2.45) is 0 Å². The van der Waals surface area contributed by atoms with Gasteiger partial charge in [0.1, 0.15) is 0 Å². The fourth-order valence-corrected chi connectivity index (χ4v) is 1.51. The predicted molar refractivity (Wildman–Crippen MR) is 41.1 cm³/mol. The number of hydrogen-bond donors (Lipinski definition) is 0. The molecule has 1 rings (SSSR count). The number of halogens is 2. The molecule has 1 nitrogen and oxygen atoms in total. The minimum Gasteiger partial charge on any atom is -0.240 e. The lowest BCUT2D eigenvalue weighted by Gasteiger charge is -2.03. The maximum Gasteiger partial charge on any atom is 0.296 e. The van der Waals surface area contributed by atoms with E-state index in [1.54, 1.807) is 5.38 Å². The summed E-state index contributed by atoms with van der Waals surface area (Å²) >= 11 is 1.02. The standard InChI is InChI=1S/C7H9F2NS/c1-3-5-4-11-6(10-5)7(2,8)9/h4H,3H2,1-2H3. The molecule has 1 heterocycles. The lowest BCUT2D eigenvalue weighted by atomic mass is 10.4. The van der Waals surface area contributed by atoms with Crippen LogP contribution in [0.1, 0.15) is 24.5 Å². The summed E-state index contributed by atoms with van der Waals surface area (Å²) < 4.78 is 25.1. The molecule has 1 aromatic rings. The van der Waals surface area contributed by atoms with Crippen molar-refractivity contribution in [1.29, 1.82) is 0 Å². The van der Waals surface area contributed by atoms with Crippen molar-refractivity contribution >= 4 is 11.3 Å². The van der Waals surface area contributed by atoms with Crippen LogP contribution in [0.4, 0.5) is 8.78 Å². The van der Waals surface area contributed by atoms with E-state index in [0.29, 0.717) is 6.42 Å². The molecule has 1 aromatic heterocycles. The maximum absolute atomic E-state index is 12.6. The first kappa shape index (κ1) is 8.59. The van der Waals surface area contributed by atoms with Crippen LogP contribution in [0.15, 0.2) is 5.38 Å². The molecule has 0 saturated heterocycles. The van der Waals surface area contributed by atoms with Gasteiger partial charge in [0.2, 0.25) is 0 Å². The second-order valence-electron chi connectivity index (χ2n) is 2.39. The average molecular weight is 177 g/mol. The van der Waals surface area contributed by atoms with Crippen molar-refractivity contribution in [3.8, 4) is 0 Å².